The molecular weight excluding hydrogens is 544 g/mol. The smallest absolute Gasteiger partial charge is 0.258 e. The van der Waals surface area contributed by atoms with Crippen LogP contribution in [0.15, 0.2) is 48.5 Å². The third kappa shape index (κ3) is 5.17. The molecule has 220 valence electrons. The van der Waals surface area contributed by atoms with E-state index < -0.39 is 34.6 Å². The summed E-state index contributed by atoms with van der Waals surface area (Å²) in [6.45, 7) is 4.19. The summed E-state index contributed by atoms with van der Waals surface area (Å²) >= 11 is 0. The zero-order valence-electron chi connectivity index (χ0n) is 24.0. The molecule has 1 atom stereocenters. The predicted molar refractivity (Wildman–Crippen MR) is 154 cm³/mol. The number of carbonyl (C=O) groups excluding carboxylic acids is 3. The predicted octanol–water partition coefficient (Wildman–Crippen LogP) is 5.40. The molecule has 0 spiro atoms. The summed E-state index contributed by atoms with van der Waals surface area (Å²) in [5.74, 6) is -4.59. The molecule has 10 heteroatoms. The Labute approximate surface area is 243 Å². The van der Waals surface area contributed by atoms with E-state index in [4.69, 9.17) is 9.47 Å². The van der Waals surface area contributed by atoms with E-state index in [1.54, 1.807) is 29.2 Å². The van der Waals surface area contributed by atoms with Crippen LogP contribution in [0.3, 0.4) is 0 Å². The summed E-state index contributed by atoms with van der Waals surface area (Å²) < 4.78 is 39.8. The van der Waals surface area contributed by atoms with Crippen molar-refractivity contribution in [2.75, 3.05) is 31.0 Å². The molecule has 8 nitrogen and oxygen atoms in total. The fourth-order valence-corrected chi connectivity index (χ4v) is 5.83. The van der Waals surface area contributed by atoms with Crippen molar-refractivity contribution in [1.29, 1.82) is 0 Å². The molecule has 1 unspecified atom stereocenters. The molecule has 3 aromatic rings. The maximum Gasteiger partial charge on any atom is 0.258 e. The van der Waals surface area contributed by atoms with Gasteiger partial charge in [-0.15, -0.1) is 0 Å². The minimum Gasteiger partial charge on any atom is -0.494 e. The summed E-state index contributed by atoms with van der Waals surface area (Å²) in [6.07, 6.45) is 2.09. The molecule has 0 radical (unpaired) electrons. The molecule has 5 rings (SSSR count). The van der Waals surface area contributed by atoms with Gasteiger partial charge in [0.25, 0.3) is 5.91 Å². The number of hydrogen-bond donors (Lipinski definition) is 2. The van der Waals surface area contributed by atoms with Gasteiger partial charge in [0.15, 0.2) is 23.1 Å². The van der Waals surface area contributed by atoms with Crippen molar-refractivity contribution < 1.29 is 32.6 Å². The molecule has 1 saturated carbocycles. The summed E-state index contributed by atoms with van der Waals surface area (Å²) in [5.41, 5.74) is 2.49. The van der Waals surface area contributed by atoms with E-state index in [1.807, 2.05) is 32.0 Å². The normalized spacial score (nSPS) is 17.4. The number of aryl methyl sites for hydroxylation is 2. The van der Waals surface area contributed by atoms with Gasteiger partial charge < -0.3 is 25.0 Å². The number of amides is 3. The molecule has 2 fully saturated rings. The van der Waals surface area contributed by atoms with Crippen molar-refractivity contribution in [2.45, 2.75) is 45.1 Å². The van der Waals surface area contributed by atoms with Crippen molar-refractivity contribution in [2.24, 2.45) is 5.92 Å². The molecule has 0 aromatic heterocycles. The van der Waals surface area contributed by atoms with E-state index in [-0.39, 0.29) is 29.7 Å². The Morgan fingerprint density at radius 3 is 2.07 bits per heavy atom. The standard InChI is InChI=1S/C32H33F2N3O5/c1-18-7-5-8-19(2)29(18)37-17-20(15-25(37)38)30(39)35-22-11-9-21(10-12-22)32(13-6-14-32)36-31(40)26-27(33)23(41-3)16-24(42-4)28(26)34/h5,7-12,16,20H,6,13-15,17H2,1-4H3,(H,35,39)(H,36,40). The van der Waals surface area contributed by atoms with Gasteiger partial charge in [-0.3, -0.25) is 14.4 Å². The van der Waals surface area contributed by atoms with Crippen LogP contribution in [0, 0.1) is 31.4 Å². The van der Waals surface area contributed by atoms with E-state index >= 15 is 0 Å². The summed E-state index contributed by atoms with van der Waals surface area (Å²) in [6, 6.07) is 13.9. The van der Waals surface area contributed by atoms with Gasteiger partial charge in [0, 0.05) is 30.4 Å². The van der Waals surface area contributed by atoms with Crippen molar-refractivity contribution >= 4 is 29.1 Å². The second-order valence-electron chi connectivity index (χ2n) is 10.9. The first-order valence-electron chi connectivity index (χ1n) is 13.8. The highest BCUT2D eigenvalue weighted by molar-refractivity contribution is 6.04. The second kappa shape index (κ2) is 11.4. The Hall–Kier alpha value is -4.47. The number of ether oxygens (including phenoxy) is 2. The van der Waals surface area contributed by atoms with Crippen molar-refractivity contribution in [3.8, 4) is 11.5 Å². The summed E-state index contributed by atoms with van der Waals surface area (Å²) in [5, 5.41) is 5.72. The Balaban J connectivity index is 1.29. The third-order valence-corrected chi connectivity index (χ3v) is 8.27. The number of nitrogens with one attached hydrogen (secondary N) is 2. The van der Waals surface area contributed by atoms with Gasteiger partial charge in [0.2, 0.25) is 11.8 Å². The summed E-state index contributed by atoms with van der Waals surface area (Å²) in [4.78, 5) is 40.7. The lowest BCUT2D eigenvalue weighted by Crippen LogP contribution is -2.51. The molecule has 1 heterocycles. The van der Waals surface area contributed by atoms with Crippen LogP contribution in [-0.4, -0.2) is 38.5 Å². The number of halogens is 2. The minimum atomic E-state index is -1.11. The molecule has 2 aliphatic rings. The number of carbonyl (C=O) groups is 3. The number of anilines is 2. The van der Waals surface area contributed by atoms with Crippen LogP contribution < -0.4 is 25.0 Å². The maximum atomic E-state index is 14.9. The number of rotatable bonds is 8. The maximum absolute atomic E-state index is 14.9. The van der Waals surface area contributed by atoms with Gasteiger partial charge >= 0.3 is 0 Å². The molecule has 42 heavy (non-hydrogen) atoms. The average molecular weight is 578 g/mol. The van der Waals surface area contributed by atoms with Gasteiger partial charge in [-0.25, -0.2) is 8.78 Å². The summed E-state index contributed by atoms with van der Waals surface area (Å²) in [7, 11) is 2.44. The first-order chi connectivity index (χ1) is 20.1. The fourth-order valence-electron chi connectivity index (χ4n) is 5.83. The molecule has 3 aromatic carbocycles. The third-order valence-electron chi connectivity index (χ3n) is 8.27. The van der Waals surface area contributed by atoms with Crippen LogP contribution >= 0.6 is 0 Å². The topological polar surface area (TPSA) is 97.0 Å². The highest BCUT2D eigenvalue weighted by Crippen LogP contribution is 2.42. The van der Waals surface area contributed by atoms with Gasteiger partial charge in [0.05, 0.1) is 25.7 Å². The minimum absolute atomic E-state index is 0.0907. The van der Waals surface area contributed by atoms with Crippen LogP contribution in [0.1, 0.15) is 52.7 Å². The van der Waals surface area contributed by atoms with Crippen molar-refractivity contribution in [1.82, 2.24) is 5.32 Å². The largest absolute Gasteiger partial charge is 0.494 e. The number of para-hydroxylation sites is 1. The quantitative estimate of drug-likeness (QED) is 0.374. The van der Waals surface area contributed by atoms with Crippen LogP contribution in [0.2, 0.25) is 0 Å². The first kappa shape index (κ1) is 29.0. The van der Waals surface area contributed by atoms with Crippen molar-refractivity contribution in [3.05, 3.63) is 82.4 Å². The molecule has 1 aliphatic heterocycles. The van der Waals surface area contributed by atoms with Crippen LogP contribution in [0.25, 0.3) is 0 Å². The van der Waals surface area contributed by atoms with Crippen LogP contribution in [0.5, 0.6) is 11.5 Å². The number of methoxy groups -OCH3 is 2. The zero-order valence-corrected chi connectivity index (χ0v) is 24.0. The lowest BCUT2D eigenvalue weighted by molar-refractivity contribution is -0.122. The van der Waals surface area contributed by atoms with Gasteiger partial charge in [-0.1, -0.05) is 30.3 Å². The molecule has 3 amide bonds. The van der Waals surface area contributed by atoms with Crippen molar-refractivity contribution in [3.63, 3.8) is 0 Å². The Bertz CT molecular complexity index is 1500. The highest BCUT2D eigenvalue weighted by atomic mass is 19.1. The lowest BCUT2D eigenvalue weighted by Gasteiger charge is -2.43. The van der Waals surface area contributed by atoms with Crippen LogP contribution in [0.4, 0.5) is 20.2 Å². The zero-order chi connectivity index (χ0) is 30.2. The van der Waals surface area contributed by atoms with E-state index in [9.17, 15) is 23.2 Å². The molecule has 2 N–H and O–H groups in total. The van der Waals surface area contributed by atoms with E-state index in [2.05, 4.69) is 10.6 Å². The number of nitrogens with zero attached hydrogens (tertiary/aromatic N) is 1. The first-order valence-corrected chi connectivity index (χ1v) is 13.8. The molecule has 1 aliphatic carbocycles. The number of hydrogen-bond acceptors (Lipinski definition) is 5. The molecular formula is C32H33F2N3O5. The fraction of sp³-hybridized carbons (Fsp3) is 0.344. The highest BCUT2D eigenvalue weighted by Gasteiger charge is 2.42. The Kier molecular flexibility index (Phi) is 7.90. The molecule has 0 bridgehead atoms. The van der Waals surface area contributed by atoms with E-state index in [1.165, 1.54) is 14.2 Å². The SMILES string of the molecule is COc1cc(OC)c(F)c(C(=O)NC2(c3ccc(NC(=O)C4CC(=O)N(c5c(C)cccc5C)C4)cc3)CCC2)c1F. The van der Waals surface area contributed by atoms with Gasteiger partial charge in [0.1, 0.15) is 5.56 Å². The van der Waals surface area contributed by atoms with Gasteiger partial charge in [-0.05, 0) is 61.9 Å². The van der Waals surface area contributed by atoms with E-state index in [0.717, 1.165) is 34.9 Å². The van der Waals surface area contributed by atoms with Gasteiger partial charge in [-0.2, -0.15) is 0 Å². The average Bonchev–Trinajstić information content (AvgIpc) is 3.32. The monoisotopic (exact) mass is 577 g/mol. The van der Waals surface area contributed by atoms with E-state index in [0.29, 0.717) is 25.1 Å². The Morgan fingerprint density at radius 1 is 0.952 bits per heavy atom. The molecule has 1 saturated heterocycles. The van der Waals surface area contributed by atoms with Crippen LogP contribution in [-0.2, 0) is 15.1 Å². The lowest BCUT2D eigenvalue weighted by atomic mass is 9.71. The number of benzene rings is 3. The second-order valence-corrected chi connectivity index (χ2v) is 10.9. The Morgan fingerprint density at radius 2 is 1.55 bits per heavy atom.